The molecule has 146 valence electrons. The lowest BCUT2D eigenvalue weighted by Gasteiger charge is -2.24. The van der Waals surface area contributed by atoms with E-state index < -0.39 is 11.0 Å². The zero-order valence-corrected chi connectivity index (χ0v) is 18.5. The zero-order chi connectivity index (χ0) is 20.0. The van der Waals surface area contributed by atoms with Crippen molar-refractivity contribution in [2.24, 2.45) is 4.99 Å². The Balaban J connectivity index is 2.12. The first-order valence-electron chi connectivity index (χ1n) is 8.87. The molecule has 0 aromatic heterocycles. The Kier molecular flexibility index (Phi) is 7.89. The van der Waals surface area contributed by atoms with Gasteiger partial charge in [-0.05, 0) is 63.1 Å². The van der Waals surface area contributed by atoms with Crippen molar-refractivity contribution in [1.82, 2.24) is 4.72 Å². The molecule has 0 radical (unpaired) electrons. The number of aliphatic imine (C=N–C) groups is 1. The maximum Gasteiger partial charge on any atom is 0.123 e. The predicted octanol–water partition coefficient (Wildman–Crippen LogP) is 5.90. The molecule has 0 aliphatic heterocycles. The Morgan fingerprint density at radius 2 is 1.67 bits per heavy atom. The van der Waals surface area contributed by atoms with Crippen LogP contribution < -0.4 is 4.72 Å². The van der Waals surface area contributed by atoms with E-state index in [0.717, 1.165) is 15.6 Å². The molecule has 0 bridgehead atoms. The van der Waals surface area contributed by atoms with Crippen LogP contribution in [0.5, 0.6) is 0 Å². The average molecular weight is 453 g/mol. The Labute approximate surface area is 172 Å². The quantitative estimate of drug-likeness (QED) is 0.521. The largest absolute Gasteiger partial charge is 0.290 e. The van der Waals surface area contributed by atoms with Crippen molar-refractivity contribution in [1.29, 1.82) is 0 Å². The molecule has 0 aliphatic rings. The highest BCUT2D eigenvalue weighted by Crippen LogP contribution is 2.22. The van der Waals surface area contributed by atoms with Crippen LogP contribution >= 0.6 is 15.9 Å². The van der Waals surface area contributed by atoms with Crippen LogP contribution in [0.1, 0.15) is 57.3 Å². The molecule has 27 heavy (non-hydrogen) atoms. The molecule has 3 atom stereocenters. The summed E-state index contributed by atoms with van der Waals surface area (Å²) in [7, 11) is -1.24. The van der Waals surface area contributed by atoms with Gasteiger partial charge in [-0.1, -0.05) is 40.2 Å². The van der Waals surface area contributed by atoms with E-state index in [9.17, 15) is 8.60 Å². The summed E-state index contributed by atoms with van der Waals surface area (Å²) in [5, 5.41) is 0. The van der Waals surface area contributed by atoms with Crippen LogP contribution in [0.15, 0.2) is 58.0 Å². The molecule has 0 aliphatic carbocycles. The van der Waals surface area contributed by atoms with Gasteiger partial charge in [-0.25, -0.2) is 13.3 Å². The Bertz CT molecular complexity index is 785. The summed E-state index contributed by atoms with van der Waals surface area (Å²) >= 11 is 3.43. The number of nitrogens with one attached hydrogen (secondary N) is 1. The fraction of sp³-hybridized carbons (Fsp3) is 0.381. The number of hydrogen-bond donors (Lipinski definition) is 1. The van der Waals surface area contributed by atoms with Crippen LogP contribution in [0, 0.1) is 5.82 Å². The Morgan fingerprint density at radius 3 is 2.22 bits per heavy atom. The maximum absolute atomic E-state index is 13.3. The van der Waals surface area contributed by atoms with E-state index in [1.54, 1.807) is 12.1 Å². The second kappa shape index (κ2) is 9.71. The summed E-state index contributed by atoms with van der Waals surface area (Å²) in [6.45, 7) is 7.79. The lowest BCUT2D eigenvalue weighted by atomic mass is 10.1. The number of rotatable bonds is 7. The molecule has 6 heteroatoms. The summed E-state index contributed by atoms with van der Waals surface area (Å²) in [5.74, 6) is -0.285. The fourth-order valence-corrected chi connectivity index (χ4v) is 3.51. The molecule has 2 rings (SSSR count). The van der Waals surface area contributed by atoms with Crippen LogP contribution in [-0.2, 0) is 11.0 Å². The van der Waals surface area contributed by atoms with E-state index >= 15 is 0 Å². The van der Waals surface area contributed by atoms with Crippen molar-refractivity contribution in [2.45, 2.75) is 50.9 Å². The lowest BCUT2D eigenvalue weighted by molar-refractivity contribution is 0.603. The number of hydrogen-bond acceptors (Lipinski definition) is 2. The third-order valence-corrected chi connectivity index (χ3v) is 6.24. The molecule has 0 amide bonds. The molecule has 2 unspecified atom stereocenters. The van der Waals surface area contributed by atoms with E-state index in [2.05, 4.69) is 25.6 Å². The Morgan fingerprint density at radius 1 is 1.11 bits per heavy atom. The van der Waals surface area contributed by atoms with E-state index in [0.29, 0.717) is 6.42 Å². The van der Waals surface area contributed by atoms with Gasteiger partial charge in [0.05, 0.1) is 21.8 Å². The van der Waals surface area contributed by atoms with Crippen LogP contribution in [0.3, 0.4) is 0 Å². The third-order valence-electron chi connectivity index (χ3n) is 4.10. The molecule has 1 N–H and O–H groups in total. The third kappa shape index (κ3) is 6.94. The van der Waals surface area contributed by atoms with Crippen LogP contribution in [0.25, 0.3) is 0 Å². The maximum atomic E-state index is 13.3. The highest BCUT2D eigenvalue weighted by atomic mass is 79.9. The Hall–Kier alpha value is -1.37. The minimum atomic E-state index is -1.24. The van der Waals surface area contributed by atoms with Gasteiger partial charge in [-0.15, -0.1) is 0 Å². The highest BCUT2D eigenvalue weighted by Gasteiger charge is 2.23. The molecule has 0 heterocycles. The van der Waals surface area contributed by atoms with E-state index in [4.69, 9.17) is 0 Å². The van der Waals surface area contributed by atoms with E-state index in [-0.39, 0.29) is 22.6 Å². The normalized spacial score (nSPS) is 15.6. The van der Waals surface area contributed by atoms with Crippen LogP contribution in [-0.4, -0.2) is 15.2 Å². The van der Waals surface area contributed by atoms with Crippen LogP contribution in [0.4, 0.5) is 4.39 Å². The van der Waals surface area contributed by atoms with Gasteiger partial charge < -0.3 is 0 Å². The summed E-state index contributed by atoms with van der Waals surface area (Å²) in [6, 6.07) is 14.2. The smallest absolute Gasteiger partial charge is 0.123 e. The van der Waals surface area contributed by atoms with Gasteiger partial charge in [0, 0.05) is 23.1 Å². The number of nitrogens with zero attached hydrogens (tertiary/aromatic N) is 1. The summed E-state index contributed by atoms with van der Waals surface area (Å²) in [5.41, 5.74) is 2.01. The van der Waals surface area contributed by atoms with Gasteiger partial charge in [0.2, 0.25) is 0 Å². The molecule has 3 nitrogen and oxygen atoms in total. The van der Waals surface area contributed by atoms with Gasteiger partial charge >= 0.3 is 0 Å². The van der Waals surface area contributed by atoms with E-state index in [1.807, 2.05) is 58.2 Å². The molecule has 2 aromatic carbocycles. The van der Waals surface area contributed by atoms with Gasteiger partial charge in [-0.3, -0.25) is 4.99 Å². The number of benzene rings is 2. The molecule has 2 aromatic rings. The first kappa shape index (κ1) is 21.9. The highest BCUT2D eigenvalue weighted by molar-refractivity contribution is 9.10. The molecule has 0 fully saturated rings. The minimum Gasteiger partial charge on any atom is -0.290 e. The second-order valence-electron chi connectivity index (χ2n) is 7.40. The first-order chi connectivity index (χ1) is 12.7. The molecule has 0 spiro atoms. The van der Waals surface area contributed by atoms with E-state index in [1.165, 1.54) is 12.1 Å². The number of halogens is 2. The monoisotopic (exact) mass is 452 g/mol. The first-order valence-corrected chi connectivity index (χ1v) is 10.8. The van der Waals surface area contributed by atoms with Gasteiger partial charge in [0.25, 0.3) is 0 Å². The molecule has 0 saturated heterocycles. The van der Waals surface area contributed by atoms with Crippen molar-refractivity contribution in [2.75, 3.05) is 0 Å². The fourth-order valence-electron chi connectivity index (χ4n) is 2.41. The predicted molar refractivity (Wildman–Crippen MR) is 116 cm³/mol. The average Bonchev–Trinajstić information content (AvgIpc) is 2.61. The summed E-state index contributed by atoms with van der Waals surface area (Å²) in [6.07, 6.45) is 2.42. The lowest BCUT2D eigenvalue weighted by Crippen LogP contribution is -2.36. The van der Waals surface area contributed by atoms with Crippen molar-refractivity contribution in [3.8, 4) is 0 Å². The summed E-state index contributed by atoms with van der Waals surface area (Å²) < 4.78 is 29.6. The standard InChI is InChI=1S/C21H26BrFN2OS/c1-15(16-5-9-18(22)10-6-16)24-14-13-20(25-27(26)21(2,3)4)17-7-11-19(23)12-8-17/h5-12,14-15,20,25H,13H2,1-4H3/t15-,20?,27?/m0/s1. The van der Waals surface area contributed by atoms with Gasteiger partial charge in [0.1, 0.15) is 5.82 Å². The SMILES string of the molecule is C[C@H](N=CCC(NS(=O)C(C)(C)C)c1ccc(F)cc1)c1ccc(Br)cc1. The van der Waals surface area contributed by atoms with Gasteiger partial charge in [-0.2, -0.15) is 0 Å². The topological polar surface area (TPSA) is 41.5 Å². The van der Waals surface area contributed by atoms with Crippen molar-refractivity contribution in [3.63, 3.8) is 0 Å². The molecular formula is C21H26BrFN2OS. The van der Waals surface area contributed by atoms with Gasteiger partial charge in [0.15, 0.2) is 0 Å². The molecule has 0 saturated carbocycles. The zero-order valence-electron chi connectivity index (χ0n) is 16.1. The van der Waals surface area contributed by atoms with Crippen molar-refractivity contribution in [3.05, 3.63) is 69.9 Å². The summed E-state index contributed by atoms with van der Waals surface area (Å²) in [4.78, 5) is 4.62. The molecular weight excluding hydrogens is 427 g/mol. The second-order valence-corrected chi connectivity index (χ2v) is 10.3. The van der Waals surface area contributed by atoms with Crippen molar-refractivity contribution < 1.29 is 8.60 Å². The van der Waals surface area contributed by atoms with Crippen molar-refractivity contribution >= 4 is 33.1 Å². The minimum absolute atomic E-state index is 0.0279. The van der Waals surface area contributed by atoms with Crippen LogP contribution in [0.2, 0.25) is 0 Å².